The average Bonchev–Trinajstić information content (AvgIpc) is 2.14. The van der Waals surface area contributed by atoms with Crippen molar-refractivity contribution in [3.63, 3.8) is 0 Å². The maximum absolute atomic E-state index is 11.9. The molecule has 2 nitrogen and oxygen atoms in total. The van der Waals surface area contributed by atoms with Crippen LogP contribution in [-0.4, -0.2) is 14.8 Å². The van der Waals surface area contributed by atoms with Crippen LogP contribution in [0.3, 0.4) is 0 Å². The highest BCUT2D eigenvalue weighted by Crippen LogP contribution is 2.13. The average molecular weight is 269 g/mol. The first-order chi connectivity index (χ1) is 7.37. The van der Waals surface area contributed by atoms with Crippen molar-refractivity contribution in [3.8, 4) is 0 Å². The Bertz CT molecular complexity index is 429. The highest BCUT2D eigenvalue weighted by molar-refractivity contribution is 8.13. The number of hydrogen-bond donors (Lipinski definition) is 0. The van der Waals surface area contributed by atoms with Gasteiger partial charge < -0.3 is 0 Å². The van der Waals surface area contributed by atoms with Crippen LogP contribution in [0.4, 0.5) is 8.78 Å². The molecule has 0 amide bonds. The van der Waals surface area contributed by atoms with Crippen molar-refractivity contribution in [2.24, 2.45) is 0 Å². The molecule has 0 atom stereocenters. The molecule has 0 bridgehead atoms. The Morgan fingerprint density at radius 3 is 2.06 bits per heavy atom. The van der Waals surface area contributed by atoms with E-state index in [-0.39, 0.29) is 18.6 Å². The molecule has 6 heteroatoms. The van der Waals surface area contributed by atoms with Crippen molar-refractivity contribution in [3.05, 3.63) is 35.4 Å². The van der Waals surface area contributed by atoms with Crippen LogP contribution in [0.15, 0.2) is 24.3 Å². The van der Waals surface area contributed by atoms with Gasteiger partial charge in [0.15, 0.2) is 0 Å². The smallest absolute Gasteiger partial charge is 0.212 e. The molecular weight excluding hydrogens is 258 g/mol. The molecule has 1 aromatic carbocycles. The summed E-state index contributed by atoms with van der Waals surface area (Å²) in [5, 5.41) is 0. The lowest BCUT2D eigenvalue weighted by atomic mass is 10.1. The van der Waals surface area contributed by atoms with E-state index in [9.17, 15) is 17.2 Å². The summed E-state index contributed by atoms with van der Waals surface area (Å²) in [6.07, 6.45) is -2.22. The molecular formula is C10H11ClF2O2S. The van der Waals surface area contributed by atoms with Gasteiger partial charge in [0.2, 0.25) is 15.5 Å². The van der Waals surface area contributed by atoms with E-state index in [1.807, 2.05) is 0 Å². The van der Waals surface area contributed by atoms with Crippen LogP contribution in [0.5, 0.6) is 0 Å². The minimum Gasteiger partial charge on any atom is -0.212 e. The van der Waals surface area contributed by atoms with E-state index in [1.54, 1.807) is 24.3 Å². The Morgan fingerprint density at radius 2 is 1.62 bits per heavy atom. The van der Waals surface area contributed by atoms with Crippen LogP contribution in [-0.2, 0) is 21.2 Å². The third kappa shape index (κ3) is 5.42. The second-order valence-electron chi connectivity index (χ2n) is 3.43. The molecule has 0 saturated heterocycles. The fourth-order valence-corrected chi connectivity index (χ4v) is 2.25. The third-order valence-electron chi connectivity index (χ3n) is 2.01. The number of halogens is 3. The number of rotatable bonds is 5. The van der Waals surface area contributed by atoms with Crippen LogP contribution in [0, 0.1) is 0 Å². The predicted octanol–water partition coefficient (Wildman–Crippen LogP) is 2.95. The van der Waals surface area contributed by atoms with Crippen LogP contribution in [0.25, 0.3) is 0 Å². The number of hydrogen-bond acceptors (Lipinski definition) is 2. The first-order valence-corrected chi connectivity index (χ1v) is 7.13. The third-order valence-corrected chi connectivity index (χ3v) is 3.02. The van der Waals surface area contributed by atoms with E-state index in [2.05, 4.69) is 0 Å². The van der Waals surface area contributed by atoms with Gasteiger partial charge in [-0.2, -0.15) is 0 Å². The van der Waals surface area contributed by atoms with Gasteiger partial charge in [0.1, 0.15) is 0 Å². The number of benzene rings is 1. The van der Waals surface area contributed by atoms with Crippen molar-refractivity contribution in [1.29, 1.82) is 0 Å². The molecule has 0 saturated carbocycles. The summed E-state index contributed by atoms with van der Waals surface area (Å²) < 4.78 is 45.4. The minimum absolute atomic E-state index is 0.187. The van der Waals surface area contributed by atoms with E-state index in [0.717, 1.165) is 5.56 Å². The van der Waals surface area contributed by atoms with Crippen molar-refractivity contribution >= 4 is 19.7 Å². The van der Waals surface area contributed by atoms with Gasteiger partial charge in [-0.25, -0.2) is 17.2 Å². The van der Waals surface area contributed by atoms with Crippen LogP contribution in [0.1, 0.15) is 17.5 Å². The number of aryl methyl sites for hydroxylation is 1. The molecule has 1 aromatic rings. The lowest BCUT2D eigenvalue weighted by Gasteiger charge is -2.02. The fraction of sp³-hybridized carbons (Fsp3) is 0.400. The molecule has 0 fully saturated rings. The molecule has 0 radical (unpaired) electrons. The molecule has 0 aliphatic carbocycles. The summed E-state index contributed by atoms with van der Waals surface area (Å²) in [5.74, 6) is -0.246. The molecule has 1 rings (SSSR count). The van der Waals surface area contributed by atoms with Crippen LogP contribution >= 0.6 is 10.7 Å². The van der Waals surface area contributed by atoms with Gasteiger partial charge in [-0.3, -0.25) is 0 Å². The van der Waals surface area contributed by atoms with Gasteiger partial charge in [-0.15, -0.1) is 0 Å². The van der Waals surface area contributed by atoms with Crippen LogP contribution < -0.4 is 0 Å². The highest BCUT2D eigenvalue weighted by atomic mass is 35.7. The van der Waals surface area contributed by atoms with Crippen molar-refractivity contribution in [2.45, 2.75) is 25.0 Å². The minimum atomic E-state index is -3.56. The Kier molecular flexibility index (Phi) is 4.68. The summed E-state index contributed by atoms with van der Waals surface area (Å²) in [6, 6.07) is 6.45. The topological polar surface area (TPSA) is 34.1 Å². The van der Waals surface area contributed by atoms with E-state index < -0.39 is 15.5 Å². The molecule has 16 heavy (non-hydrogen) atoms. The van der Waals surface area contributed by atoms with E-state index in [1.165, 1.54) is 0 Å². The zero-order chi connectivity index (χ0) is 12.2. The summed E-state index contributed by atoms with van der Waals surface area (Å²) in [6.45, 7) is 0. The monoisotopic (exact) mass is 268 g/mol. The van der Waals surface area contributed by atoms with Crippen molar-refractivity contribution in [1.82, 2.24) is 0 Å². The largest absolute Gasteiger partial charge is 0.239 e. The van der Waals surface area contributed by atoms with Gasteiger partial charge in [-0.05, 0) is 17.5 Å². The van der Waals surface area contributed by atoms with Gasteiger partial charge in [0.25, 0.3) is 0 Å². The van der Waals surface area contributed by atoms with Crippen molar-refractivity contribution < 1.29 is 17.2 Å². The summed E-state index contributed by atoms with van der Waals surface area (Å²) in [4.78, 5) is 0. The fourth-order valence-electron chi connectivity index (χ4n) is 1.28. The quantitative estimate of drug-likeness (QED) is 0.770. The van der Waals surface area contributed by atoms with E-state index in [0.29, 0.717) is 5.56 Å². The molecule has 0 heterocycles. The maximum Gasteiger partial charge on any atom is 0.239 e. The Labute approximate surface area is 97.7 Å². The molecule has 0 unspecified atom stereocenters. The standard InChI is InChI=1S/C10H11ClF2O2S/c11-16(14,15)7-9-3-1-8(2-4-9)5-6-10(12)13/h1-4,10H,5-7H2. The molecule has 0 spiro atoms. The second-order valence-corrected chi connectivity index (χ2v) is 6.21. The summed E-state index contributed by atoms with van der Waals surface area (Å²) in [5.41, 5.74) is 1.31. The Balaban J connectivity index is 2.61. The molecule has 0 N–H and O–H groups in total. The molecule has 90 valence electrons. The number of alkyl halides is 2. The maximum atomic E-state index is 11.9. The van der Waals surface area contributed by atoms with Crippen molar-refractivity contribution in [2.75, 3.05) is 0 Å². The molecule has 0 aliphatic rings. The Hall–Kier alpha value is -0.680. The van der Waals surface area contributed by atoms with Crippen LogP contribution in [0.2, 0.25) is 0 Å². The lowest BCUT2D eigenvalue weighted by molar-refractivity contribution is 0.138. The summed E-state index contributed by atoms with van der Waals surface area (Å²) in [7, 11) is 1.52. The zero-order valence-corrected chi connectivity index (χ0v) is 9.94. The Morgan fingerprint density at radius 1 is 1.12 bits per heavy atom. The highest BCUT2D eigenvalue weighted by Gasteiger charge is 2.07. The second kappa shape index (κ2) is 5.59. The van der Waals surface area contributed by atoms with E-state index >= 15 is 0 Å². The molecule has 0 aromatic heterocycles. The lowest BCUT2D eigenvalue weighted by Crippen LogP contribution is -1.97. The van der Waals surface area contributed by atoms with Gasteiger partial charge >= 0.3 is 0 Å². The zero-order valence-electron chi connectivity index (χ0n) is 8.37. The normalized spacial score (nSPS) is 12.0. The van der Waals surface area contributed by atoms with Gasteiger partial charge in [0, 0.05) is 17.1 Å². The first kappa shape index (κ1) is 13.4. The van der Waals surface area contributed by atoms with E-state index in [4.69, 9.17) is 10.7 Å². The van der Waals surface area contributed by atoms with Gasteiger partial charge in [-0.1, -0.05) is 24.3 Å². The van der Waals surface area contributed by atoms with Gasteiger partial charge in [0.05, 0.1) is 5.75 Å². The summed E-state index contributed by atoms with van der Waals surface area (Å²) >= 11 is 0. The predicted molar refractivity (Wildman–Crippen MR) is 59.2 cm³/mol. The SMILES string of the molecule is O=S(=O)(Cl)Cc1ccc(CCC(F)F)cc1. The molecule has 0 aliphatic heterocycles. The first-order valence-electron chi connectivity index (χ1n) is 4.65.